The van der Waals surface area contributed by atoms with E-state index in [-0.39, 0.29) is 44.3 Å². The lowest BCUT2D eigenvalue weighted by molar-refractivity contribution is -0.0500. The van der Waals surface area contributed by atoms with Gasteiger partial charge in [-0.3, -0.25) is 4.57 Å². The van der Waals surface area contributed by atoms with Crippen molar-refractivity contribution in [2.24, 2.45) is 0 Å². The first-order valence-corrected chi connectivity index (χ1v) is 36.3. The molecule has 0 spiro atoms. The zero-order valence-electron chi connectivity index (χ0n) is 55.6. The predicted octanol–water partition coefficient (Wildman–Crippen LogP) is 23.9. The third kappa shape index (κ3) is 15.4. The summed E-state index contributed by atoms with van der Waals surface area (Å²) in [6.07, 6.45) is 0. The molecular formula is C85H74BF6O8PS2. The number of hydrogen-bond donors (Lipinski definition) is 0. The van der Waals surface area contributed by atoms with E-state index < -0.39 is 44.9 Å². The summed E-state index contributed by atoms with van der Waals surface area (Å²) in [7, 11) is -12.3. The molecule has 0 radical (unpaired) electrons. The minimum atomic E-state index is -5.83. The molecule has 1 saturated heterocycles. The molecule has 0 aromatic heterocycles. The van der Waals surface area contributed by atoms with E-state index in [1.54, 1.807) is 30.3 Å². The number of fused-ring (bicyclic) bond motifs is 6. The number of hydrogen-bond acceptors (Lipinski definition) is 8. The van der Waals surface area contributed by atoms with Crippen LogP contribution in [-0.4, -0.2) is 51.7 Å². The largest absolute Gasteiger partial charge is 0.534 e. The predicted molar refractivity (Wildman–Crippen MR) is 413 cm³/mol. The minimum absolute atomic E-state index is 0. The highest BCUT2D eigenvalue weighted by Gasteiger charge is 2.52. The molecule has 14 aromatic rings. The fraction of sp³-hybridized carbons (Fsp3) is 0.153. The molecule has 0 aliphatic carbocycles. The number of sulfone groups is 1. The van der Waals surface area contributed by atoms with Crippen LogP contribution in [0.15, 0.2) is 279 Å². The fourth-order valence-corrected chi connectivity index (χ4v) is 14.4. The van der Waals surface area contributed by atoms with E-state index in [0.29, 0.717) is 5.39 Å². The molecule has 1 aliphatic heterocycles. The van der Waals surface area contributed by atoms with E-state index in [0.717, 1.165) is 49.3 Å². The first-order valence-electron chi connectivity index (χ1n) is 32.3. The van der Waals surface area contributed by atoms with Gasteiger partial charge in [0.05, 0.1) is 11.2 Å². The Morgan fingerprint density at radius 2 is 0.660 bits per heavy atom. The van der Waals surface area contributed by atoms with Crippen molar-refractivity contribution in [1.82, 2.24) is 0 Å². The Kier molecular flexibility index (Phi) is 22.4. The quantitative estimate of drug-likeness (QED) is 0.0332. The summed E-state index contributed by atoms with van der Waals surface area (Å²) in [5, 5.41) is 12.5. The van der Waals surface area contributed by atoms with Crippen LogP contribution in [0.2, 0.25) is 0 Å². The molecule has 1 fully saturated rings. The van der Waals surface area contributed by atoms with Gasteiger partial charge in [-0.1, -0.05) is 293 Å². The van der Waals surface area contributed by atoms with E-state index >= 15 is 0 Å². The van der Waals surface area contributed by atoms with E-state index in [1.807, 2.05) is 54.6 Å². The van der Waals surface area contributed by atoms with E-state index in [4.69, 9.17) is 9.31 Å². The molecule has 524 valence electrons. The van der Waals surface area contributed by atoms with Crippen molar-refractivity contribution in [2.45, 2.75) is 78.6 Å². The first-order chi connectivity index (χ1) is 48.2. The third-order valence-corrected chi connectivity index (χ3v) is 21.8. The molecule has 8 nitrogen and oxygen atoms in total. The second kappa shape index (κ2) is 30.5. The highest BCUT2D eigenvalue weighted by Crippen LogP contribution is 2.49. The second-order valence-electron chi connectivity index (χ2n) is 25.4. The molecule has 0 amide bonds. The van der Waals surface area contributed by atoms with Crippen molar-refractivity contribution in [3.05, 3.63) is 290 Å². The number of alkyl halides is 6. The lowest BCUT2D eigenvalue weighted by atomic mass is 9.79. The van der Waals surface area contributed by atoms with Crippen LogP contribution < -0.4 is 9.65 Å². The molecule has 0 unspecified atom stereocenters. The summed E-state index contributed by atoms with van der Waals surface area (Å²) in [5.41, 5.74) is 2.33. The standard InChI is InChI=1S/C37H26.C31H19F3O3S.C13H19BO2.C2H2F3O3PS.2CH4/c1-25-19-21-26(22-20-25)28-23-24-35(30-14-6-5-13-29(28)30)37-33-17-9-7-15-31(33)36(27-11-3-2-4-12-27)32-16-8-10-18-34(32)37;32-31(33,34)38(35,36)37-28-19-18-27(21-12-4-5-13-22(21)28)30-25-16-8-6-14-23(25)29(20-10-2-1-3-11-20)24-15-7-9-17-26(24)30;1-10-6-8-11(9-7-10)14-15-12(2,3)13(4,5)16-14;3-2(4,5)10(7,8)1-9-6;;/h2-24H,1H3;1-19H;6-9H,1-5H3;1H2;2*1H4. The lowest BCUT2D eigenvalue weighted by Crippen LogP contribution is -2.41. The Morgan fingerprint density at radius 3 is 1.01 bits per heavy atom. The molecule has 0 bridgehead atoms. The van der Waals surface area contributed by atoms with Gasteiger partial charge < -0.3 is 13.5 Å². The zero-order valence-corrected chi connectivity index (χ0v) is 58.2. The third-order valence-electron chi connectivity index (χ3n) is 18.4. The van der Waals surface area contributed by atoms with E-state index in [1.165, 1.54) is 82.9 Å². The number of rotatable bonds is 10. The van der Waals surface area contributed by atoms with Gasteiger partial charge in [-0.2, -0.15) is 34.8 Å². The van der Waals surface area contributed by atoms with Crippen LogP contribution in [0, 0.1) is 13.8 Å². The van der Waals surface area contributed by atoms with Crippen molar-refractivity contribution in [3.63, 3.8) is 0 Å². The van der Waals surface area contributed by atoms with Crippen molar-refractivity contribution in [3.8, 4) is 61.4 Å². The molecule has 1 aliphatic rings. The lowest BCUT2D eigenvalue weighted by Gasteiger charge is -2.32. The average Bonchev–Trinajstić information content (AvgIpc) is 1.31. The highest BCUT2D eigenvalue weighted by atomic mass is 32.2. The molecule has 15 rings (SSSR count). The molecule has 1 heterocycles. The maximum Gasteiger partial charge on any atom is 0.534 e. The van der Waals surface area contributed by atoms with Crippen LogP contribution in [-0.2, 0) is 33.8 Å². The Labute approximate surface area is 598 Å². The zero-order chi connectivity index (χ0) is 71.7. The monoisotopic (exact) mass is 1440 g/mol. The topological polar surface area (TPSA) is 113 Å². The van der Waals surface area contributed by atoms with Gasteiger partial charge in [0.15, 0.2) is 14.2 Å². The molecule has 14 aromatic carbocycles. The maximum atomic E-state index is 13.1. The van der Waals surface area contributed by atoms with Crippen LogP contribution in [0.1, 0.15) is 53.7 Å². The average molecular weight is 1440 g/mol. The molecule has 0 N–H and O–H groups in total. The van der Waals surface area contributed by atoms with Gasteiger partial charge in [0, 0.05) is 5.39 Å². The number of aryl methyl sites for hydroxylation is 2. The van der Waals surface area contributed by atoms with Crippen LogP contribution in [0.5, 0.6) is 5.75 Å². The Bertz CT molecular complexity index is 5530. The first kappa shape index (κ1) is 75.7. The van der Waals surface area contributed by atoms with Gasteiger partial charge in [0.25, 0.3) is 9.84 Å². The van der Waals surface area contributed by atoms with Gasteiger partial charge in [-0.15, -0.1) is 0 Å². The summed E-state index contributed by atoms with van der Waals surface area (Å²) < 4.78 is 143. The van der Waals surface area contributed by atoms with Crippen LogP contribution in [0.3, 0.4) is 0 Å². The molecule has 103 heavy (non-hydrogen) atoms. The van der Waals surface area contributed by atoms with E-state index in [9.17, 15) is 47.7 Å². The number of halogens is 6. The fourth-order valence-electron chi connectivity index (χ4n) is 12.7. The van der Waals surface area contributed by atoms with Crippen molar-refractivity contribution in [2.75, 3.05) is 5.49 Å². The summed E-state index contributed by atoms with van der Waals surface area (Å²) >= 11 is 0. The molecular weight excluding hydrogens is 1370 g/mol. The maximum absolute atomic E-state index is 13.1. The SMILES string of the molecule is C.C.Cc1ccc(-c2ccc(-c3c4ccccc4c(-c4ccccc4)c4ccccc34)c3ccccc23)cc1.Cc1ccc(B2OC(C)(C)C(C)(C)O2)cc1.O=PCS(=O)(=O)C(F)(F)F.O=S(=O)(Oc1ccc(-c2c3ccccc3c(-c3ccccc3)c3ccccc23)c2ccccc12)C(F)(F)F. The van der Waals surface area contributed by atoms with Gasteiger partial charge in [0.2, 0.25) is 0 Å². The molecule has 18 heteroatoms. The molecule has 0 saturated carbocycles. The Hall–Kier alpha value is -10.00. The van der Waals surface area contributed by atoms with Gasteiger partial charge >= 0.3 is 28.3 Å². The highest BCUT2D eigenvalue weighted by molar-refractivity contribution is 7.95. The van der Waals surface area contributed by atoms with Crippen molar-refractivity contribution >= 4 is 106 Å². The summed E-state index contributed by atoms with van der Waals surface area (Å²) in [4.78, 5) is 0. The van der Waals surface area contributed by atoms with Crippen LogP contribution >= 0.6 is 8.46 Å². The smallest absolute Gasteiger partial charge is 0.399 e. The summed E-state index contributed by atoms with van der Waals surface area (Å²) in [5.74, 6) is -0.379. The van der Waals surface area contributed by atoms with Crippen molar-refractivity contribution in [1.29, 1.82) is 0 Å². The van der Waals surface area contributed by atoms with Gasteiger partial charge in [-0.05, 0) is 174 Å². The van der Waals surface area contributed by atoms with Gasteiger partial charge in [0.1, 0.15) is 5.49 Å². The molecule has 0 atom stereocenters. The van der Waals surface area contributed by atoms with Crippen molar-refractivity contribution < 1.29 is 61.2 Å². The van der Waals surface area contributed by atoms with Crippen LogP contribution in [0.4, 0.5) is 26.3 Å². The van der Waals surface area contributed by atoms with E-state index in [2.05, 4.69) is 234 Å². The Morgan fingerprint density at radius 1 is 0.359 bits per heavy atom. The number of benzene rings is 14. The van der Waals surface area contributed by atoms with Crippen LogP contribution in [0.25, 0.3) is 120 Å². The second-order valence-corrected chi connectivity index (χ2v) is 30.0. The summed E-state index contributed by atoms with van der Waals surface area (Å²) in [6, 6.07) is 94.9. The van der Waals surface area contributed by atoms with Gasteiger partial charge in [-0.25, -0.2) is 8.42 Å². The Balaban J connectivity index is 0.000000163. The minimum Gasteiger partial charge on any atom is -0.399 e. The summed E-state index contributed by atoms with van der Waals surface area (Å²) in [6.45, 7) is 12.5. The normalized spacial score (nSPS) is 13.5.